The molecule has 4 aliphatic rings. The van der Waals surface area contributed by atoms with Crippen LogP contribution in [0.1, 0.15) is 107 Å². The maximum atomic E-state index is 14.5. The van der Waals surface area contributed by atoms with E-state index in [2.05, 4.69) is 38.3 Å². The summed E-state index contributed by atoms with van der Waals surface area (Å²) in [4.78, 5) is 35.4. The zero-order valence-electron chi connectivity index (χ0n) is 26.6. The summed E-state index contributed by atoms with van der Waals surface area (Å²) in [6.07, 6.45) is 5.86. The van der Waals surface area contributed by atoms with E-state index in [0.29, 0.717) is 24.8 Å². The number of amides is 1. The Morgan fingerprint density at radius 1 is 1.00 bits per heavy atom. The Balaban J connectivity index is 0.00000180. The molecule has 230 valence electrons. The summed E-state index contributed by atoms with van der Waals surface area (Å²) in [6.45, 7) is 13.8. The van der Waals surface area contributed by atoms with Crippen LogP contribution in [-0.4, -0.2) is 41.1 Å². The van der Waals surface area contributed by atoms with Crippen LogP contribution in [0.15, 0.2) is 53.0 Å². The van der Waals surface area contributed by atoms with Crippen molar-refractivity contribution in [2.75, 3.05) is 18.0 Å². The van der Waals surface area contributed by atoms with Gasteiger partial charge < -0.3 is 15.0 Å². The first-order chi connectivity index (χ1) is 20.5. The summed E-state index contributed by atoms with van der Waals surface area (Å²) in [5.41, 5.74) is 2.13. The first kappa shape index (κ1) is 31.5. The molecule has 0 radical (unpaired) electrons. The Kier molecular flexibility index (Phi) is 8.95. The highest BCUT2D eigenvalue weighted by Gasteiger charge is 2.59. The van der Waals surface area contributed by atoms with Crippen LogP contribution in [0.25, 0.3) is 10.9 Å². The molecule has 3 saturated carbocycles. The van der Waals surface area contributed by atoms with Gasteiger partial charge in [-0.2, -0.15) is 0 Å². The van der Waals surface area contributed by atoms with Gasteiger partial charge >= 0.3 is 5.97 Å². The molecule has 1 N–H and O–H groups in total. The number of nitrogens with zero attached hydrogens (tertiary/aromatic N) is 2. The summed E-state index contributed by atoms with van der Waals surface area (Å²) in [7, 11) is 0. The predicted molar refractivity (Wildman–Crippen MR) is 178 cm³/mol. The van der Waals surface area contributed by atoms with Gasteiger partial charge in [0.2, 0.25) is 0 Å². The molecule has 1 aromatic heterocycles. The molecular weight excluding hydrogens is 602 g/mol. The summed E-state index contributed by atoms with van der Waals surface area (Å²) >= 11 is 3.62. The lowest BCUT2D eigenvalue weighted by atomic mass is 9.51. The molecule has 7 heteroatoms. The van der Waals surface area contributed by atoms with Crippen molar-refractivity contribution in [3.63, 3.8) is 0 Å². The Bertz CT molecular complexity index is 1480. The van der Waals surface area contributed by atoms with Crippen molar-refractivity contribution in [2.45, 2.75) is 104 Å². The second-order valence-corrected chi connectivity index (χ2v) is 14.3. The molecule has 2 aromatic carbocycles. The lowest BCUT2D eigenvalue weighted by Crippen LogP contribution is -2.62. The average Bonchev–Trinajstić information content (AvgIpc) is 3.53. The molecule has 1 amide bonds. The Hall–Kier alpha value is -2.93. The Morgan fingerprint density at radius 2 is 1.65 bits per heavy atom. The first-order valence-electron chi connectivity index (χ1n) is 16.0. The van der Waals surface area contributed by atoms with Gasteiger partial charge in [0.25, 0.3) is 5.91 Å². The fourth-order valence-corrected chi connectivity index (χ4v) is 7.82. The molecule has 2 heterocycles. The molecule has 6 nitrogen and oxygen atoms in total. The maximum Gasteiger partial charge on any atom is 0.312 e. The molecule has 2 bridgehead atoms. The fraction of sp³-hybridized carbons (Fsp3) is 0.528. The molecule has 3 aliphatic carbocycles. The van der Waals surface area contributed by atoms with Gasteiger partial charge in [-0.1, -0.05) is 60.1 Å². The van der Waals surface area contributed by atoms with E-state index in [0.717, 1.165) is 71.1 Å². The van der Waals surface area contributed by atoms with Crippen LogP contribution in [-0.2, 0) is 9.53 Å². The second-order valence-electron chi connectivity index (χ2n) is 13.4. The van der Waals surface area contributed by atoms with E-state index in [1.54, 1.807) is 0 Å². The van der Waals surface area contributed by atoms with Gasteiger partial charge in [-0.25, -0.2) is 4.98 Å². The molecular formula is C36H46BrN3O3. The van der Waals surface area contributed by atoms with Crippen LogP contribution in [0.5, 0.6) is 0 Å². The van der Waals surface area contributed by atoms with Crippen molar-refractivity contribution in [3.05, 3.63) is 69.7 Å². The predicted octanol–water partition coefficient (Wildman–Crippen LogP) is 8.49. The van der Waals surface area contributed by atoms with Crippen LogP contribution < -0.4 is 10.2 Å². The van der Waals surface area contributed by atoms with Crippen LogP contribution in [0, 0.1) is 12.3 Å². The van der Waals surface area contributed by atoms with Crippen molar-refractivity contribution in [1.29, 1.82) is 0 Å². The zero-order chi connectivity index (χ0) is 31.0. The van der Waals surface area contributed by atoms with E-state index in [-0.39, 0.29) is 17.8 Å². The van der Waals surface area contributed by atoms with E-state index >= 15 is 0 Å². The van der Waals surface area contributed by atoms with Crippen LogP contribution in [0.4, 0.5) is 5.82 Å². The SMILES string of the molecule is CC.Cc1c(N2CCCC2)nc2ccc(Br)cc2c1C(=O)NC12CCC(C(=O)OC(C)(C)C)(CC1)CC2c1ccccc1. The smallest absolute Gasteiger partial charge is 0.312 e. The van der Waals surface area contributed by atoms with Gasteiger partial charge in [-0.05, 0) is 96.4 Å². The highest BCUT2D eigenvalue weighted by Crippen LogP contribution is 2.59. The van der Waals surface area contributed by atoms with Gasteiger partial charge in [0.05, 0.1) is 16.5 Å². The lowest BCUT2D eigenvalue weighted by Gasteiger charge is -2.57. The largest absolute Gasteiger partial charge is 0.460 e. The molecule has 4 fully saturated rings. The number of nitrogens with one attached hydrogen (secondary N) is 1. The third-order valence-electron chi connectivity index (χ3n) is 9.55. The number of carbonyl (C=O) groups excluding carboxylic acids is 2. The van der Waals surface area contributed by atoms with Gasteiger partial charge in [-0.15, -0.1) is 0 Å². The number of halogens is 1. The number of carbonyl (C=O) groups is 2. The van der Waals surface area contributed by atoms with E-state index < -0.39 is 16.6 Å². The minimum absolute atomic E-state index is 0.0147. The minimum Gasteiger partial charge on any atom is -0.460 e. The second kappa shape index (κ2) is 12.2. The van der Waals surface area contributed by atoms with E-state index in [1.807, 2.05) is 77.9 Å². The van der Waals surface area contributed by atoms with Crippen LogP contribution in [0.3, 0.4) is 0 Å². The van der Waals surface area contributed by atoms with Crippen molar-refractivity contribution in [3.8, 4) is 0 Å². The third kappa shape index (κ3) is 6.07. The highest BCUT2D eigenvalue weighted by atomic mass is 79.9. The fourth-order valence-electron chi connectivity index (χ4n) is 7.46. The molecule has 43 heavy (non-hydrogen) atoms. The normalized spacial score (nSPS) is 24.8. The van der Waals surface area contributed by atoms with Crippen LogP contribution >= 0.6 is 15.9 Å². The Labute approximate surface area is 265 Å². The summed E-state index contributed by atoms with van der Waals surface area (Å²) in [6, 6.07) is 16.4. The molecule has 3 aromatic rings. The van der Waals surface area contributed by atoms with E-state index in [1.165, 1.54) is 0 Å². The van der Waals surface area contributed by atoms with Gasteiger partial charge in [0.1, 0.15) is 11.4 Å². The van der Waals surface area contributed by atoms with E-state index in [4.69, 9.17) is 9.72 Å². The van der Waals surface area contributed by atoms with Gasteiger partial charge in [0, 0.05) is 40.0 Å². The quantitative estimate of drug-likeness (QED) is 0.281. The third-order valence-corrected chi connectivity index (χ3v) is 10.0. The summed E-state index contributed by atoms with van der Waals surface area (Å²) < 4.78 is 6.88. The molecule has 1 saturated heterocycles. The lowest BCUT2D eigenvalue weighted by molar-refractivity contribution is -0.176. The van der Waals surface area contributed by atoms with E-state index in [9.17, 15) is 9.59 Å². The molecule has 1 atom stereocenters. The number of esters is 1. The van der Waals surface area contributed by atoms with Crippen molar-refractivity contribution in [2.24, 2.45) is 5.41 Å². The van der Waals surface area contributed by atoms with Crippen molar-refractivity contribution < 1.29 is 14.3 Å². The monoisotopic (exact) mass is 647 g/mol. The topological polar surface area (TPSA) is 71.5 Å². The highest BCUT2D eigenvalue weighted by molar-refractivity contribution is 9.10. The first-order valence-corrected chi connectivity index (χ1v) is 16.8. The number of hydrogen-bond donors (Lipinski definition) is 1. The molecule has 1 aliphatic heterocycles. The number of fused-ring (bicyclic) bond motifs is 4. The molecule has 7 rings (SSSR count). The maximum absolute atomic E-state index is 14.5. The summed E-state index contributed by atoms with van der Waals surface area (Å²) in [5.74, 6) is 0.777. The molecule has 1 unspecified atom stereocenters. The number of benzene rings is 2. The van der Waals surface area contributed by atoms with Crippen molar-refractivity contribution in [1.82, 2.24) is 10.3 Å². The number of pyridine rings is 1. The van der Waals surface area contributed by atoms with Crippen molar-refractivity contribution >= 4 is 44.5 Å². The average molecular weight is 649 g/mol. The van der Waals surface area contributed by atoms with Gasteiger partial charge in [-0.3, -0.25) is 9.59 Å². The van der Waals surface area contributed by atoms with Gasteiger partial charge in [0.15, 0.2) is 0 Å². The standard InChI is InChI=1S/C34H40BrN3O3.C2H6/c1-22-28(25-20-24(35)12-13-27(25)36-29(22)38-18-8-9-19-38)30(39)37-34-16-14-33(15-17-34,31(40)41-32(2,3)4)21-26(34)23-10-6-5-7-11-23;1-2/h5-7,10-13,20,26H,8-9,14-19,21H2,1-4H3,(H,37,39);1-2H3. The molecule has 0 spiro atoms. The summed E-state index contributed by atoms with van der Waals surface area (Å²) in [5, 5.41) is 4.47. The number of rotatable bonds is 5. The number of ether oxygens (including phenoxy) is 1. The number of anilines is 1. The van der Waals surface area contributed by atoms with Crippen LogP contribution in [0.2, 0.25) is 0 Å². The Morgan fingerprint density at radius 3 is 2.28 bits per heavy atom. The number of hydrogen-bond acceptors (Lipinski definition) is 5. The zero-order valence-corrected chi connectivity index (χ0v) is 28.1. The minimum atomic E-state index is -0.532. The number of aromatic nitrogens is 1.